The van der Waals surface area contributed by atoms with Crippen molar-refractivity contribution in [3.63, 3.8) is 0 Å². The SMILES string of the molecule is CC1(C)CCCN(CC(=O)N2CCCC(O)C2)Cc2cccnc2Oc2ccccc2OC1. The first-order valence-electron chi connectivity index (χ1n) is 11.9. The number of likely N-dealkylation sites (tertiary alicyclic amines) is 1. The molecule has 33 heavy (non-hydrogen) atoms. The largest absolute Gasteiger partial charge is 0.489 e. The van der Waals surface area contributed by atoms with Crippen molar-refractivity contribution in [3.05, 3.63) is 48.2 Å². The van der Waals surface area contributed by atoms with Crippen molar-refractivity contribution in [2.24, 2.45) is 5.41 Å². The highest BCUT2D eigenvalue weighted by molar-refractivity contribution is 5.78. The van der Waals surface area contributed by atoms with Crippen molar-refractivity contribution in [2.45, 2.75) is 52.2 Å². The number of hydrogen-bond acceptors (Lipinski definition) is 6. The maximum absolute atomic E-state index is 13.1. The summed E-state index contributed by atoms with van der Waals surface area (Å²) in [4.78, 5) is 21.5. The van der Waals surface area contributed by atoms with E-state index in [0.717, 1.165) is 37.8 Å². The molecule has 0 spiro atoms. The molecule has 3 heterocycles. The Labute approximate surface area is 196 Å². The van der Waals surface area contributed by atoms with E-state index in [1.54, 1.807) is 11.1 Å². The van der Waals surface area contributed by atoms with Gasteiger partial charge in [-0.3, -0.25) is 9.69 Å². The summed E-state index contributed by atoms with van der Waals surface area (Å²) in [5, 5.41) is 9.99. The quantitative estimate of drug-likeness (QED) is 0.744. The second-order valence-electron chi connectivity index (χ2n) is 9.92. The Hall–Kier alpha value is -2.64. The first-order valence-corrected chi connectivity index (χ1v) is 11.9. The number of carbonyl (C=O) groups is 1. The van der Waals surface area contributed by atoms with Crippen molar-refractivity contribution in [2.75, 3.05) is 32.8 Å². The van der Waals surface area contributed by atoms with Gasteiger partial charge in [-0.1, -0.05) is 32.0 Å². The highest BCUT2D eigenvalue weighted by atomic mass is 16.5. The lowest BCUT2D eigenvalue weighted by molar-refractivity contribution is -0.135. The smallest absolute Gasteiger partial charge is 0.236 e. The van der Waals surface area contributed by atoms with E-state index in [9.17, 15) is 9.90 Å². The molecule has 7 heteroatoms. The number of piperidine rings is 1. The van der Waals surface area contributed by atoms with E-state index in [-0.39, 0.29) is 11.3 Å². The summed E-state index contributed by atoms with van der Waals surface area (Å²) in [5.74, 6) is 1.94. The third-order valence-electron chi connectivity index (χ3n) is 6.35. The van der Waals surface area contributed by atoms with Gasteiger partial charge in [0.1, 0.15) is 0 Å². The summed E-state index contributed by atoms with van der Waals surface area (Å²) >= 11 is 0. The average Bonchev–Trinajstić information content (AvgIpc) is 2.80. The second kappa shape index (κ2) is 10.5. The van der Waals surface area contributed by atoms with Crippen LogP contribution in [-0.2, 0) is 11.3 Å². The fourth-order valence-electron chi connectivity index (χ4n) is 4.45. The molecule has 0 radical (unpaired) electrons. The number of benzene rings is 1. The fraction of sp³-hybridized carbons (Fsp3) is 0.538. The van der Waals surface area contributed by atoms with Gasteiger partial charge in [0.15, 0.2) is 11.5 Å². The first-order chi connectivity index (χ1) is 15.9. The number of fused-ring (bicyclic) bond motifs is 2. The van der Waals surface area contributed by atoms with Gasteiger partial charge in [-0.25, -0.2) is 4.98 Å². The number of carbonyl (C=O) groups excluding carboxylic acids is 1. The molecular weight excluding hydrogens is 418 g/mol. The molecule has 1 fully saturated rings. The fourth-order valence-corrected chi connectivity index (χ4v) is 4.45. The number of aliphatic hydroxyl groups is 1. The predicted molar refractivity (Wildman–Crippen MR) is 126 cm³/mol. The summed E-state index contributed by atoms with van der Waals surface area (Å²) in [6.45, 7) is 7.79. The summed E-state index contributed by atoms with van der Waals surface area (Å²) in [7, 11) is 0. The summed E-state index contributed by atoms with van der Waals surface area (Å²) < 4.78 is 12.4. The number of aromatic nitrogens is 1. The second-order valence-corrected chi connectivity index (χ2v) is 9.92. The number of β-amino-alcohol motifs (C(OH)–C–C–N with tert-alkyl or cyclic N) is 1. The molecule has 0 aliphatic carbocycles. The zero-order valence-electron chi connectivity index (χ0n) is 19.7. The number of nitrogens with zero attached hydrogens (tertiary/aromatic N) is 3. The Balaban J connectivity index is 1.58. The number of para-hydroxylation sites is 2. The average molecular weight is 454 g/mol. The normalized spacial score (nSPS) is 21.8. The Morgan fingerprint density at radius 1 is 1.15 bits per heavy atom. The van der Waals surface area contributed by atoms with Crippen LogP contribution in [0.4, 0.5) is 0 Å². The Morgan fingerprint density at radius 3 is 2.79 bits per heavy atom. The van der Waals surface area contributed by atoms with E-state index in [4.69, 9.17) is 9.47 Å². The monoisotopic (exact) mass is 453 g/mol. The third-order valence-corrected chi connectivity index (χ3v) is 6.35. The highest BCUT2D eigenvalue weighted by Crippen LogP contribution is 2.34. The topological polar surface area (TPSA) is 75.1 Å². The van der Waals surface area contributed by atoms with Gasteiger partial charge in [0.05, 0.1) is 19.3 Å². The zero-order chi connectivity index (χ0) is 23.3. The molecule has 7 nitrogen and oxygen atoms in total. The molecule has 0 saturated carbocycles. The van der Waals surface area contributed by atoms with Gasteiger partial charge < -0.3 is 19.5 Å². The summed E-state index contributed by atoms with van der Waals surface area (Å²) in [6.07, 6.45) is 4.84. The van der Waals surface area contributed by atoms with E-state index in [1.165, 1.54) is 0 Å². The van der Waals surface area contributed by atoms with E-state index >= 15 is 0 Å². The van der Waals surface area contributed by atoms with E-state index < -0.39 is 6.10 Å². The van der Waals surface area contributed by atoms with Crippen LogP contribution in [0.25, 0.3) is 0 Å². The van der Waals surface area contributed by atoms with Gasteiger partial charge in [0.2, 0.25) is 11.8 Å². The van der Waals surface area contributed by atoms with Crippen LogP contribution in [0.3, 0.4) is 0 Å². The molecule has 1 aromatic carbocycles. The lowest BCUT2D eigenvalue weighted by Gasteiger charge is -2.32. The van der Waals surface area contributed by atoms with E-state index in [1.807, 2.05) is 36.4 Å². The molecule has 1 amide bonds. The number of ether oxygens (including phenoxy) is 2. The Kier molecular flexibility index (Phi) is 7.50. The zero-order valence-corrected chi connectivity index (χ0v) is 19.7. The molecule has 178 valence electrons. The Morgan fingerprint density at radius 2 is 1.97 bits per heavy atom. The highest BCUT2D eigenvalue weighted by Gasteiger charge is 2.26. The molecule has 2 aliphatic heterocycles. The van der Waals surface area contributed by atoms with Crippen LogP contribution in [0, 0.1) is 5.41 Å². The summed E-state index contributed by atoms with van der Waals surface area (Å²) in [5.41, 5.74) is 0.913. The third kappa shape index (κ3) is 6.45. The van der Waals surface area contributed by atoms with Crippen LogP contribution in [-0.4, -0.2) is 64.7 Å². The molecule has 1 unspecified atom stereocenters. The van der Waals surface area contributed by atoms with Crippen LogP contribution in [0.1, 0.15) is 45.1 Å². The number of aliphatic hydroxyl groups excluding tert-OH is 1. The molecule has 1 saturated heterocycles. The molecule has 4 rings (SSSR count). The molecule has 0 bridgehead atoms. The molecule has 1 N–H and O–H groups in total. The lowest BCUT2D eigenvalue weighted by Crippen LogP contribution is -2.46. The van der Waals surface area contributed by atoms with Gasteiger partial charge >= 0.3 is 0 Å². The van der Waals surface area contributed by atoms with Gasteiger partial charge in [0.25, 0.3) is 0 Å². The minimum atomic E-state index is -0.419. The van der Waals surface area contributed by atoms with Crippen molar-refractivity contribution >= 4 is 5.91 Å². The maximum Gasteiger partial charge on any atom is 0.236 e. The van der Waals surface area contributed by atoms with Crippen LogP contribution in [0.2, 0.25) is 0 Å². The van der Waals surface area contributed by atoms with Gasteiger partial charge in [-0.15, -0.1) is 0 Å². The van der Waals surface area contributed by atoms with E-state index in [2.05, 4.69) is 23.7 Å². The maximum atomic E-state index is 13.1. The lowest BCUT2D eigenvalue weighted by atomic mass is 9.88. The Bertz CT molecular complexity index is 949. The van der Waals surface area contributed by atoms with Gasteiger partial charge in [0, 0.05) is 31.4 Å². The number of hydrogen-bond donors (Lipinski definition) is 1. The number of pyridine rings is 1. The molecule has 1 aromatic heterocycles. The minimum absolute atomic E-state index is 0.0150. The van der Waals surface area contributed by atoms with Crippen molar-refractivity contribution in [1.29, 1.82) is 0 Å². The molecule has 1 atom stereocenters. The standard InChI is InChI=1S/C26H35N3O4/c1-26(2)12-7-14-28(18-24(31)29-15-6-9-21(30)17-29)16-20-8-5-13-27-25(20)33-23-11-4-3-10-22(23)32-19-26/h3-5,8,10-11,13,21,30H,6-7,9,12,14-19H2,1-2H3. The van der Waals surface area contributed by atoms with Gasteiger partial charge in [-0.2, -0.15) is 0 Å². The van der Waals surface area contributed by atoms with E-state index in [0.29, 0.717) is 50.2 Å². The van der Waals surface area contributed by atoms with Gasteiger partial charge in [-0.05, 0) is 55.8 Å². The molecule has 2 aliphatic rings. The van der Waals surface area contributed by atoms with Crippen LogP contribution < -0.4 is 9.47 Å². The molecular formula is C26H35N3O4. The predicted octanol–water partition coefficient (Wildman–Crippen LogP) is 3.86. The van der Waals surface area contributed by atoms with Crippen LogP contribution in [0.15, 0.2) is 42.6 Å². The number of amides is 1. The van der Waals surface area contributed by atoms with Crippen molar-refractivity contribution in [3.8, 4) is 17.4 Å². The minimum Gasteiger partial charge on any atom is -0.489 e. The van der Waals surface area contributed by atoms with Crippen molar-refractivity contribution < 1.29 is 19.4 Å². The van der Waals surface area contributed by atoms with Crippen LogP contribution in [0.5, 0.6) is 17.4 Å². The van der Waals surface area contributed by atoms with Crippen molar-refractivity contribution in [1.82, 2.24) is 14.8 Å². The number of rotatable bonds is 2. The molecule has 2 aromatic rings. The summed E-state index contributed by atoms with van der Waals surface area (Å²) in [6, 6.07) is 11.6. The van der Waals surface area contributed by atoms with Crippen LogP contribution >= 0.6 is 0 Å². The first kappa shape index (κ1) is 23.5.